The number of aldehydes is 1. The largest absolute Gasteiger partial charge is 0.334 e. The van der Waals surface area contributed by atoms with Crippen molar-refractivity contribution >= 4 is 28.5 Å². The molecule has 2 bridgehead atoms. The lowest BCUT2D eigenvalue weighted by Gasteiger charge is -2.41. The summed E-state index contributed by atoms with van der Waals surface area (Å²) in [7, 11) is 0. The molecule has 146 valence electrons. The third kappa shape index (κ3) is 2.83. The second-order valence-corrected chi connectivity index (χ2v) is 9.19. The van der Waals surface area contributed by atoms with Gasteiger partial charge < -0.3 is 14.6 Å². The minimum absolute atomic E-state index is 0.0627. The summed E-state index contributed by atoms with van der Waals surface area (Å²) in [4.78, 5) is 30.7. The highest BCUT2D eigenvalue weighted by atomic mass is 32.1. The van der Waals surface area contributed by atoms with Crippen LogP contribution in [0.3, 0.4) is 0 Å². The molecule has 4 aliphatic carbocycles. The number of carbonyl (C=O) groups is 2. The van der Waals surface area contributed by atoms with Crippen LogP contribution in [0.4, 0.5) is 5.00 Å². The average molecular weight is 398 g/mol. The summed E-state index contributed by atoms with van der Waals surface area (Å²) >= 11 is 1.62. The molecule has 28 heavy (non-hydrogen) atoms. The molecule has 0 aliphatic heterocycles. The Morgan fingerprint density at radius 3 is 2.75 bits per heavy atom. The molecule has 1 amide bonds. The first-order valence-corrected chi connectivity index (χ1v) is 10.9. The number of anilines is 1. The highest BCUT2D eigenvalue weighted by Crippen LogP contribution is 2.47. The molecule has 2 aromatic rings. The van der Waals surface area contributed by atoms with Gasteiger partial charge in [-0.3, -0.25) is 4.79 Å². The van der Waals surface area contributed by atoms with Gasteiger partial charge in [-0.2, -0.15) is 4.98 Å². The summed E-state index contributed by atoms with van der Waals surface area (Å²) in [5.41, 5.74) is 2.11. The Morgan fingerprint density at radius 2 is 2.04 bits per heavy atom. The van der Waals surface area contributed by atoms with Crippen LogP contribution in [0.15, 0.2) is 16.7 Å². The van der Waals surface area contributed by atoms with Crippen molar-refractivity contribution < 1.29 is 14.1 Å². The van der Waals surface area contributed by atoms with Crippen LogP contribution in [0, 0.1) is 30.6 Å². The van der Waals surface area contributed by atoms with Crippen molar-refractivity contribution in [2.45, 2.75) is 45.4 Å². The molecule has 0 aromatic carbocycles. The number of aryl methyl sites for hydroxylation is 2. The molecule has 4 unspecified atom stereocenters. The third-order valence-electron chi connectivity index (χ3n) is 6.42. The van der Waals surface area contributed by atoms with Crippen molar-refractivity contribution in [3.05, 3.63) is 28.4 Å². The van der Waals surface area contributed by atoms with Gasteiger partial charge in [-0.25, -0.2) is 0 Å². The molecule has 2 heterocycles. The fourth-order valence-corrected chi connectivity index (χ4v) is 6.35. The van der Waals surface area contributed by atoms with Crippen molar-refractivity contribution in [1.29, 1.82) is 0 Å². The molecular formula is C21H23N3O3S. The summed E-state index contributed by atoms with van der Waals surface area (Å²) in [5.74, 6) is 0.803. The monoisotopic (exact) mass is 397 g/mol. The van der Waals surface area contributed by atoms with Gasteiger partial charge in [-0.05, 0) is 62.8 Å². The number of hydrogen-bond acceptors (Lipinski definition) is 6. The highest BCUT2D eigenvalue weighted by molar-refractivity contribution is 7.17. The number of aromatic nitrogens is 2. The maximum absolute atomic E-state index is 13.3. The predicted molar refractivity (Wildman–Crippen MR) is 106 cm³/mol. The fraction of sp³-hybridized carbons (Fsp3) is 0.524. The maximum atomic E-state index is 13.3. The number of allylic oxidation sites excluding steroid dienone is 2. The Hall–Kier alpha value is -2.28. The van der Waals surface area contributed by atoms with Crippen LogP contribution < -0.4 is 5.32 Å². The lowest BCUT2D eigenvalue weighted by atomic mass is 9.62. The molecule has 1 N–H and O–H groups in total. The van der Waals surface area contributed by atoms with Crippen molar-refractivity contribution in [2.75, 3.05) is 5.32 Å². The summed E-state index contributed by atoms with van der Waals surface area (Å²) in [6, 6.07) is 0. The molecule has 4 aliphatic rings. The van der Waals surface area contributed by atoms with E-state index in [0.29, 0.717) is 11.7 Å². The van der Waals surface area contributed by atoms with Crippen molar-refractivity contribution in [1.82, 2.24) is 10.1 Å². The summed E-state index contributed by atoms with van der Waals surface area (Å²) < 4.78 is 5.46. The lowest BCUT2D eigenvalue weighted by Crippen LogP contribution is -2.44. The van der Waals surface area contributed by atoms with Gasteiger partial charge in [0.25, 0.3) is 5.89 Å². The third-order valence-corrected chi connectivity index (χ3v) is 7.63. The van der Waals surface area contributed by atoms with Crippen molar-refractivity contribution in [2.24, 2.45) is 23.7 Å². The first-order chi connectivity index (χ1) is 13.7. The Balaban J connectivity index is 1.50. The molecule has 6 nitrogen and oxygen atoms in total. The molecule has 2 aromatic heterocycles. The number of carbonyl (C=O) groups excluding carboxylic acids is 2. The number of thiophene rings is 1. The first-order valence-electron chi connectivity index (χ1n) is 10.1. The van der Waals surface area contributed by atoms with Crippen LogP contribution in [0.1, 0.15) is 41.9 Å². The molecule has 0 radical (unpaired) electrons. The Morgan fingerprint density at radius 1 is 1.25 bits per heavy atom. The quantitative estimate of drug-likeness (QED) is 0.624. The van der Waals surface area contributed by atoms with E-state index >= 15 is 0 Å². The molecule has 4 atom stereocenters. The number of rotatable bonds is 4. The van der Waals surface area contributed by atoms with Crippen LogP contribution in [-0.4, -0.2) is 22.3 Å². The van der Waals surface area contributed by atoms with Gasteiger partial charge >= 0.3 is 0 Å². The van der Waals surface area contributed by atoms with E-state index in [-0.39, 0.29) is 29.6 Å². The van der Waals surface area contributed by atoms with E-state index in [2.05, 4.69) is 27.6 Å². The van der Waals surface area contributed by atoms with Gasteiger partial charge in [-0.15, -0.1) is 11.3 Å². The zero-order valence-corrected chi connectivity index (χ0v) is 16.6. The standard InChI is InChI=1S/C21H23N3O3S/c1-11-22-20(27-24-11)18-14-4-2-3-5-16(14)28-21(18)23-19(26)17-13-8-6-12(7-9-13)15(17)10-25/h6,8,10,12-13,15,17H,2-5,7,9H2,1H3,(H,23,26). The van der Waals surface area contributed by atoms with Gasteiger partial charge in [0, 0.05) is 10.8 Å². The van der Waals surface area contributed by atoms with E-state index in [4.69, 9.17) is 4.52 Å². The summed E-state index contributed by atoms with van der Waals surface area (Å²) in [6.45, 7) is 1.80. The number of nitrogens with one attached hydrogen (secondary N) is 1. The van der Waals surface area contributed by atoms with Crippen LogP contribution >= 0.6 is 11.3 Å². The minimum Gasteiger partial charge on any atom is -0.334 e. The van der Waals surface area contributed by atoms with Crippen LogP contribution in [-0.2, 0) is 22.4 Å². The average Bonchev–Trinajstić information content (AvgIpc) is 3.30. The van der Waals surface area contributed by atoms with E-state index in [1.807, 2.05) is 0 Å². The van der Waals surface area contributed by atoms with E-state index in [1.54, 1.807) is 18.3 Å². The molecule has 0 saturated heterocycles. The molecule has 6 rings (SSSR count). The van der Waals surface area contributed by atoms with Gasteiger partial charge in [0.15, 0.2) is 5.82 Å². The SMILES string of the molecule is Cc1noc(-c2c(NC(=O)C3C4C=CC(CC4)C3C=O)sc3c2CCCC3)n1. The normalized spacial score (nSPS) is 28.2. The molecule has 7 heteroatoms. The predicted octanol–water partition coefficient (Wildman–Crippen LogP) is 3.95. The van der Waals surface area contributed by atoms with E-state index in [0.717, 1.165) is 55.4 Å². The maximum Gasteiger partial charge on any atom is 0.261 e. The number of fused-ring (bicyclic) bond motifs is 3. The zero-order chi connectivity index (χ0) is 19.3. The van der Waals surface area contributed by atoms with E-state index < -0.39 is 0 Å². The fourth-order valence-electron chi connectivity index (χ4n) is 5.06. The lowest BCUT2D eigenvalue weighted by molar-refractivity contribution is -0.130. The van der Waals surface area contributed by atoms with Crippen LogP contribution in [0.5, 0.6) is 0 Å². The second-order valence-electron chi connectivity index (χ2n) is 8.08. The topological polar surface area (TPSA) is 85.1 Å². The Bertz CT molecular complexity index is 960. The Kier molecular flexibility index (Phi) is 4.42. The summed E-state index contributed by atoms with van der Waals surface area (Å²) in [5, 5.41) is 7.88. The number of amides is 1. The zero-order valence-electron chi connectivity index (χ0n) is 15.8. The van der Waals surface area contributed by atoms with Crippen LogP contribution in [0.25, 0.3) is 11.5 Å². The molecule has 0 spiro atoms. The first kappa shape index (κ1) is 17.8. The molecular weight excluding hydrogens is 374 g/mol. The van der Waals surface area contributed by atoms with E-state index in [9.17, 15) is 9.59 Å². The Labute approximate surface area is 167 Å². The van der Waals surface area contributed by atoms with Gasteiger partial charge in [0.2, 0.25) is 5.91 Å². The van der Waals surface area contributed by atoms with Crippen molar-refractivity contribution in [3.8, 4) is 11.5 Å². The van der Waals surface area contributed by atoms with Gasteiger partial charge in [0.1, 0.15) is 11.3 Å². The molecule has 1 fully saturated rings. The van der Waals surface area contributed by atoms with E-state index in [1.165, 1.54) is 10.4 Å². The van der Waals surface area contributed by atoms with Gasteiger partial charge in [-0.1, -0.05) is 17.3 Å². The summed E-state index contributed by atoms with van der Waals surface area (Å²) in [6.07, 6.45) is 11.5. The van der Waals surface area contributed by atoms with Crippen LogP contribution in [0.2, 0.25) is 0 Å². The minimum atomic E-state index is -0.294. The highest BCUT2D eigenvalue weighted by Gasteiger charge is 2.44. The smallest absolute Gasteiger partial charge is 0.261 e. The van der Waals surface area contributed by atoms with Gasteiger partial charge in [0.05, 0.1) is 11.5 Å². The number of nitrogens with zero attached hydrogens (tertiary/aromatic N) is 2. The number of hydrogen-bond donors (Lipinski definition) is 1. The molecule has 1 saturated carbocycles. The second kappa shape index (κ2) is 6.95. The van der Waals surface area contributed by atoms with Crippen molar-refractivity contribution in [3.63, 3.8) is 0 Å².